The van der Waals surface area contributed by atoms with Crippen molar-refractivity contribution in [2.45, 2.75) is 6.92 Å². The summed E-state index contributed by atoms with van der Waals surface area (Å²) in [5.74, 6) is -0.367. The molecule has 0 aliphatic carbocycles. The summed E-state index contributed by atoms with van der Waals surface area (Å²) in [7, 11) is 0. The molecule has 0 aromatic heterocycles. The van der Waals surface area contributed by atoms with Gasteiger partial charge in [0.2, 0.25) is 0 Å². The summed E-state index contributed by atoms with van der Waals surface area (Å²) in [6.45, 7) is 2.25. The maximum atomic E-state index is 11.4. The van der Waals surface area contributed by atoms with E-state index in [0.29, 0.717) is 5.57 Å². The standard InChI is InChI=1S/C12H13N3O2/c1-8-2-4-10(5-3-8)13-6-9-7-14-12(17)15-11(9)16/h2-6,13H,7H2,1H3,(H2,14,15,16,17)/b9-6-. The second-order valence-electron chi connectivity index (χ2n) is 3.82. The van der Waals surface area contributed by atoms with Crippen molar-refractivity contribution in [1.29, 1.82) is 0 Å². The maximum absolute atomic E-state index is 11.4. The van der Waals surface area contributed by atoms with Crippen LogP contribution in [0.4, 0.5) is 10.5 Å². The van der Waals surface area contributed by atoms with Gasteiger partial charge in [0.25, 0.3) is 5.91 Å². The Hall–Kier alpha value is -2.30. The van der Waals surface area contributed by atoms with Gasteiger partial charge in [-0.2, -0.15) is 0 Å². The van der Waals surface area contributed by atoms with Gasteiger partial charge in [-0.05, 0) is 19.1 Å². The van der Waals surface area contributed by atoms with E-state index in [4.69, 9.17) is 0 Å². The molecule has 1 saturated heterocycles. The predicted molar refractivity (Wildman–Crippen MR) is 64.4 cm³/mol. The predicted octanol–water partition coefficient (Wildman–Crippen LogP) is 1.13. The highest BCUT2D eigenvalue weighted by Crippen LogP contribution is 2.09. The number of imide groups is 1. The molecule has 1 aromatic carbocycles. The van der Waals surface area contributed by atoms with Crippen molar-refractivity contribution in [3.8, 4) is 0 Å². The van der Waals surface area contributed by atoms with Crippen molar-refractivity contribution in [2.75, 3.05) is 11.9 Å². The summed E-state index contributed by atoms with van der Waals surface area (Å²) in [4.78, 5) is 22.2. The van der Waals surface area contributed by atoms with Crippen LogP contribution in [-0.2, 0) is 4.79 Å². The van der Waals surface area contributed by atoms with E-state index in [0.717, 1.165) is 5.69 Å². The highest BCUT2D eigenvalue weighted by molar-refractivity contribution is 6.06. The normalized spacial score (nSPS) is 17.6. The smallest absolute Gasteiger partial charge is 0.321 e. The lowest BCUT2D eigenvalue weighted by Crippen LogP contribution is -2.48. The van der Waals surface area contributed by atoms with Crippen LogP contribution in [0.1, 0.15) is 5.56 Å². The molecule has 2 rings (SSSR count). The summed E-state index contributed by atoms with van der Waals surface area (Å²) in [5.41, 5.74) is 2.56. The molecule has 3 N–H and O–H groups in total. The Morgan fingerprint density at radius 1 is 1.24 bits per heavy atom. The van der Waals surface area contributed by atoms with E-state index in [1.165, 1.54) is 5.56 Å². The molecular formula is C12H13N3O2. The third-order valence-corrected chi connectivity index (χ3v) is 2.42. The van der Waals surface area contributed by atoms with Crippen molar-refractivity contribution in [1.82, 2.24) is 10.6 Å². The van der Waals surface area contributed by atoms with E-state index in [1.807, 2.05) is 31.2 Å². The molecule has 0 spiro atoms. The van der Waals surface area contributed by atoms with Crippen LogP contribution in [-0.4, -0.2) is 18.5 Å². The van der Waals surface area contributed by atoms with Crippen molar-refractivity contribution in [3.05, 3.63) is 41.6 Å². The van der Waals surface area contributed by atoms with Gasteiger partial charge in [-0.3, -0.25) is 10.1 Å². The number of amides is 3. The first-order chi connectivity index (χ1) is 8.15. The Bertz CT molecular complexity index is 477. The zero-order chi connectivity index (χ0) is 12.3. The van der Waals surface area contributed by atoms with Crippen LogP contribution in [0.15, 0.2) is 36.0 Å². The molecular weight excluding hydrogens is 218 g/mol. The van der Waals surface area contributed by atoms with Gasteiger partial charge in [0.1, 0.15) is 0 Å². The van der Waals surface area contributed by atoms with Gasteiger partial charge in [-0.15, -0.1) is 0 Å². The molecule has 0 radical (unpaired) electrons. The van der Waals surface area contributed by atoms with Crippen LogP contribution >= 0.6 is 0 Å². The van der Waals surface area contributed by atoms with Crippen molar-refractivity contribution in [2.24, 2.45) is 0 Å². The van der Waals surface area contributed by atoms with E-state index in [-0.39, 0.29) is 12.5 Å². The lowest BCUT2D eigenvalue weighted by Gasteiger charge is -2.15. The molecule has 5 nitrogen and oxygen atoms in total. The minimum absolute atomic E-state index is 0.240. The van der Waals surface area contributed by atoms with Crippen LogP contribution in [0.3, 0.4) is 0 Å². The third kappa shape index (κ3) is 2.84. The zero-order valence-electron chi connectivity index (χ0n) is 9.41. The molecule has 0 bridgehead atoms. The number of hydrogen-bond acceptors (Lipinski definition) is 3. The Morgan fingerprint density at radius 2 is 1.94 bits per heavy atom. The van der Waals surface area contributed by atoms with Gasteiger partial charge in [-0.1, -0.05) is 17.7 Å². The van der Waals surface area contributed by atoms with Crippen LogP contribution in [0.5, 0.6) is 0 Å². The number of carbonyl (C=O) groups excluding carboxylic acids is 2. The van der Waals surface area contributed by atoms with Crippen molar-refractivity contribution in [3.63, 3.8) is 0 Å². The highest BCUT2D eigenvalue weighted by Gasteiger charge is 2.18. The topological polar surface area (TPSA) is 70.2 Å². The van der Waals surface area contributed by atoms with Gasteiger partial charge in [-0.25, -0.2) is 4.79 Å². The van der Waals surface area contributed by atoms with Crippen molar-refractivity contribution < 1.29 is 9.59 Å². The molecule has 0 unspecified atom stereocenters. The van der Waals surface area contributed by atoms with Crippen LogP contribution in [0, 0.1) is 6.92 Å². The lowest BCUT2D eigenvalue weighted by molar-refractivity contribution is -0.116. The highest BCUT2D eigenvalue weighted by atomic mass is 16.2. The molecule has 3 amide bonds. The first kappa shape index (κ1) is 11.2. The number of aryl methyl sites for hydroxylation is 1. The van der Waals surface area contributed by atoms with E-state index < -0.39 is 6.03 Å². The number of hydrogen-bond donors (Lipinski definition) is 3. The SMILES string of the molecule is Cc1ccc(N/C=C2/CNC(=O)NC2=O)cc1. The first-order valence-corrected chi connectivity index (χ1v) is 5.26. The minimum atomic E-state index is -0.456. The largest absolute Gasteiger partial charge is 0.361 e. The fraction of sp³-hybridized carbons (Fsp3) is 0.167. The first-order valence-electron chi connectivity index (χ1n) is 5.26. The van der Waals surface area contributed by atoms with E-state index in [1.54, 1.807) is 6.20 Å². The van der Waals surface area contributed by atoms with E-state index in [2.05, 4.69) is 16.0 Å². The molecule has 1 aliphatic rings. The Kier molecular flexibility index (Phi) is 3.09. The second-order valence-corrected chi connectivity index (χ2v) is 3.82. The number of rotatable bonds is 2. The molecule has 1 heterocycles. The van der Waals surface area contributed by atoms with Gasteiger partial charge >= 0.3 is 6.03 Å². The van der Waals surface area contributed by atoms with Gasteiger partial charge in [0.15, 0.2) is 0 Å². The number of benzene rings is 1. The molecule has 1 fully saturated rings. The quantitative estimate of drug-likeness (QED) is 0.668. The van der Waals surface area contributed by atoms with Crippen LogP contribution in [0.25, 0.3) is 0 Å². The Labute approximate surface area is 98.9 Å². The Balaban J connectivity index is 2.03. The van der Waals surface area contributed by atoms with Gasteiger partial charge in [0, 0.05) is 11.9 Å². The summed E-state index contributed by atoms with van der Waals surface area (Å²) in [6, 6.07) is 7.34. The average molecular weight is 231 g/mol. The van der Waals surface area contributed by atoms with Gasteiger partial charge in [0.05, 0.1) is 12.1 Å². The van der Waals surface area contributed by atoms with Gasteiger partial charge < -0.3 is 10.6 Å². The Morgan fingerprint density at radius 3 is 2.59 bits per heavy atom. The molecule has 17 heavy (non-hydrogen) atoms. The van der Waals surface area contributed by atoms with E-state index in [9.17, 15) is 9.59 Å². The minimum Gasteiger partial charge on any atom is -0.361 e. The summed E-state index contributed by atoms with van der Waals surface area (Å²) >= 11 is 0. The maximum Gasteiger partial charge on any atom is 0.321 e. The molecule has 0 atom stereocenters. The number of urea groups is 1. The van der Waals surface area contributed by atoms with Crippen LogP contribution in [0.2, 0.25) is 0 Å². The number of nitrogens with one attached hydrogen (secondary N) is 3. The molecule has 1 aliphatic heterocycles. The lowest BCUT2D eigenvalue weighted by atomic mass is 10.2. The zero-order valence-corrected chi connectivity index (χ0v) is 9.41. The molecule has 1 aromatic rings. The number of carbonyl (C=O) groups is 2. The average Bonchev–Trinajstić information content (AvgIpc) is 2.30. The molecule has 88 valence electrons. The van der Waals surface area contributed by atoms with Crippen molar-refractivity contribution >= 4 is 17.6 Å². The molecule has 5 heteroatoms. The fourth-order valence-electron chi connectivity index (χ4n) is 1.42. The monoisotopic (exact) mass is 231 g/mol. The summed E-state index contributed by atoms with van der Waals surface area (Å²) in [6.07, 6.45) is 1.60. The van der Waals surface area contributed by atoms with E-state index >= 15 is 0 Å². The third-order valence-electron chi connectivity index (χ3n) is 2.42. The number of anilines is 1. The summed E-state index contributed by atoms with van der Waals surface area (Å²) < 4.78 is 0. The van der Waals surface area contributed by atoms with Crippen LogP contribution < -0.4 is 16.0 Å². The molecule has 0 saturated carbocycles. The second kappa shape index (κ2) is 4.69. The summed E-state index contributed by atoms with van der Waals surface area (Å²) in [5, 5.41) is 7.72. The fourth-order valence-corrected chi connectivity index (χ4v) is 1.42.